The topological polar surface area (TPSA) is 59.3 Å². The highest BCUT2D eigenvalue weighted by Crippen LogP contribution is 2.44. The lowest BCUT2D eigenvalue weighted by molar-refractivity contribution is -0.134. The van der Waals surface area contributed by atoms with Gasteiger partial charge in [0, 0.05) is 32.1 Å². The first-order valence-corrected chi connectivity index (χ1v) is 11.0. The zero-order valence-corrected chi connectivity index (χ0v) is 17.6. The van der Waals surface area contributed by atoms with E-state index in [0.717, 1.165) is 11.3 Å². The number of aromatic nitrogens is 3. The first-order valence-electron chi connectivity index (χ1n) is 11.0. The van der Waals surface area contributed by atoms with Gasteiger partial charge in [0.2, 0.25) is 17.8 Å². The van der Waals surface area contributed by atoms with Gasteiger partial charge in [-0.1, -0.05) is 6.92 Å². The Balaban J connectivity index is 1.37. The van der Waals surface area contributed by atoms with E-state index in [1.165, 1.54) is 0 Å². The Kier molecular flexibility index (Phi) is 5.96. The summed E-state index contributed by atoms with van der Waals surface area (Å²) < 4.78 is 54.3. The molecule has 1 N–H and O–H groups in total. The molecule has 0 aliphatic heterocycles. The fourth-order valence-electron chi connectivity index (χ4n) is 4.70. The lowest BCUT2D eigenvalue weighted by Gasteiger charge is -2.34. The largest absolute Gasteiger partial charge is 0.349 e. The second kappa shape index (κ2) is 8.39. The summed E-state index contributed by atoms with van der Waals surface area (Å²) in [5.74, 6) is -5.45. The van der Waals surface area contributed by atoms with E-state index in [0.29, 0.717) is 31.3 Å². The number of rotatable bonds is 7. The SMILES string of the molecule is CC[C@H](NC(=O)CC1CC(F)(F)C1)c1cnn2cc(CC3CCC(F)(F)CC3)nc2c1. The lowest BCUT2D eigenvalue weighted by Crippen LogP contribution is -2.39. The summed E-state index contributed by atoms with van der Waals surface area (Å²) in [5, 5.41) is 7.31. The van der Waals surface area contributed by atoms with Crippen LogP contribution in [0.5, 0.6) is 0 Å². The number of hydrogen-bond donors (Lipinski definition) is 1. The van der Waals surface area contributed by atoms with E-state index >= 15 is 0 Å². The van der Waals surface area contributed by atoms with Crippen molar-refractivity contribution in [1.82, 2.24) is 19.9 Å². The molecule has 0 radical (unpaired) electrons. The number of nitrogens with one attached hydrogen (secondary N) is 1. The van der Waals surface area contributed by atoms with Gasteiger partial charge in [0.05, 0.1) is 24.1 Å². The Labute approximate surface area is 178 Å². The number of alkyl halides is 4. The van der Waals surface area contributed by atoms with Gasteiger partial charge in [-0.05, 0) is 49.1 Å². The molecule has 0 bridgehead atoms. The highest BCUT2D eigenvalue weighted by atomic mass is 19.3. The monoisotopic (exact) mass is 440 g/mol. The average molecular weight is 440 g/mol. The van der Waals surface area contributed by atoms with Crippen LogP contribution >= 0.6 is 0 Å². The van der Waals surface area contributed by atoms with Gasteiger partial charge in [-0.3, -0.25) is 4.79 Å². The van der Waals surface area contributed by atoms with Crippen molar-refractivity contribution >= 4 is 11.6 Å². The zero-order valence-electron chi connectivity index (χ0n) is 17.6. The molecule has 4 rings (SSSR count). The molecular formula is C22H28F4N4O. The van der Waals surface area contributed by atoms with Gasteiger partial charge in [0.15, 0.2) is 5.65 Å². The lowest BCUT2D eigenvalue weighted by atomic mass is 9.79. The van der Waals surface area contributed by atoms with Crippen LogP contribution in [0.1, 0.15) is 75.6 Å². The highest BCUT2D eigenvalue weighted by molar-refractivity contribution is 5.76. The molecule has 2 fully saturated rings. The van der Waals surface area contributed by atoms with Crippen molar-refractivity contribution in [3.05, 3.63) is 29.7 Å². The van der Waals surface area contributed by atoms with Gasteiger partial charge in [0.1, 0.15) is 0 Å². The molecule has 2 aliphatic carbocycles. The van der Waals surface area contributed by atoms with Crippen molar-refractivity contribution in [3.8, 4) is 0 Å². The molecule has 1 amide bonds. The summed E-state index contributed by atoms with van der Waals surface area (Å²) in [6, 6.07) is 1.59. The third-order valence-corrected chi connectivity index (χ3v) is 6.52. The first kappa shape index (κ1) is 22.0. The van der Waals surface area contributed by atoms with Crippen molar-refractivity contribution in [3.63, 3.8) is 0 Å². The number of carbonyl (C=O) groups excluding carboxylic acids is 1. The molecule has 31 heavy (non-hydrogen) atoms. The van der Waals surface area contributed by atoms with Gasteiger partial charge < -0.3 is 5.32 Å². The Bertz CT molecular complexity index is 927. The smallest absolute Gasteiger partial charge is 0.248 e. The van der Waals surface area contributed by atoms with Crippen LogP contribution in [0.15, 0.2) is 18.5 Å². The van der Waals surface area contributed by atoms with Crippen LogP contribution in [0.25, 0.3) is 5.65 Å². The van der Waals surface area contributed by atoms with E-state index in [1.807, 2.05) is 19.2 Å². The van der Waals surface area contributed by atoms with Crippen LogP contribution in [-0.4, -0.2) is 32.4 Å². The molecule has 1 atom stereocenters. The van der Waals surface area contributed by atoms with Crippen molar-refractivity contribution in [2.45, 2.75) is 82.6 Å². The van der Waals surface area contributed by atoms with Crippen LogP contribution in [0.3, 0.4) is 0 Å². The van der Waals surface area contributed by atoms with Gasteiger partial charge >= 0.3 is 0 Å². The fraction of sp³-hybridized carbons (Fsp3) is 0.682. The second-order valence-electron chi connectivity index (χ2n) is 9.19. The fourth-order valence-corrected chi connectivity index (χ4v) is 4.70. The number of carbonyl (C=O) groups is 1. The molecule has 0 saturated heterocycles. The summed E-state index contributed by atoms with van der Waals surface area (Å²) >= 11 is 0. The predicted octanol–water partition coefficient (Wildman–Crippen LogP) is 5.10. The molecule has 0 aromatic carbocycles. The van der Waals surface area contributed by atoms with Gasteiger partial charge in [-0.2, -0.15) is 5.10 Å². The summed E-state index contributed by atoms with van der Waals surface area (Å²) in [7, 11) is 0. The van der Waals surface area contributed by atoms with Crippen LogP contribution in [0.4, 0.5) is 17.6 Å². The zero-order chi connectivity index (χ0) is 22.2. The van der Waals surface area contributed by atoms with Gasteiger partial charge in [-0.15, -0.1) is 0 Å². The average Bonchev–Trinajstić information content (AvgIpc) is 3.07. The summed E-state index contributed by atoms with van der Waals surface area (Å²) in [6.07, 6.45) is 5.30. The minimum atomic E-state index is -2.62. The van der Waals surface area contributed by atoms with Crippen LogP contribution in [0.2, 0.25) is 0 Å². The normalized spacial score (nSPS) is 22.2. The maximum absolute atomic E-state index is 13.4. The molecule has 2 saturated carbocycles. The minimum Gasteiger partial charge on any atom is -0.349 e. The van der Waals surface area contributed by atoms with Crippen LogP contribution in [-0.2, 0) is 11.2 Å². The van der Waals surface area contributed by atoms with E-state index in [4.69, 9.17) is 0 Å². The van der Waals surface area contributed by atoms with Crippen LogP contribution < -0.4 is 5.32 Å². The maximum atomic E-state index is 13.4. The Morgan fingerprint density at radius 3 is 2.55 bits per heavy atom. The van der Waals surface area contributed by atoms with E-state index in [-0.39, 0.29) is 55.9 Å². The summed E-state index contributed by atoms with van der Waals surface area (Å²) in [4.78, 5) is 16.9. The molecule has 0 unspecified atom stereocenters. The van der Waals surface area contributed by atoms with Crippen molar-refractivity contribution in [2.24, 2.45) is 11.8 Å². The number of imidazole rings is 1. The van der Waals surface area contributed by atoms with E-state index in [9.17, 15) is 22.4 Å². The summed E-state index contributed by atoms with van der Waals surface area (Å²) in [6.45, 7) is 1.93. The molecule has 2 aromatic rings. The van der Waals surface area contributed by atoms with Crippen molar-refractivity contribution in [2.75, 3.05) is 0 Å². The van der Waals surface area contributed by atoms with E-state index in [1.54, 1.807) is 10.7 Å². The molecule has 2 aromatic heterocycles. The highest BCUT2D eigenvalue weighted by Gasteiger charge is 2.45. The summed E-state index contributed by atoms with van der Waals surface area (Å²) in [5.41, 5.74) is 2.26. The van der Waals surface area contributed by atoms with Gasteiger partial charge in [-0.25, -0.2) is 27.1 Å². The Morgan fingerprint density at radius 1 is 1.19 bits per heavy atom. The molecule has 0 spiro atoms. The van der Waals surface area contributed by atoms with E-state index < -0.39 is 11.8 Å². The minimum absolute atomic E-state index is 0.0657. The van der Waals surface area contributed by atoms with Crippen molar-refractivity contribution in [1.29, 1.82) is 0 Å². The number of fused-ring (bicyclic) bond motifs is 1. The number of halogens is 4. The second-order valence-corrected chi connectivity index (χ2v) is 9.19. The first-order chi connectivity index (χ1) is 14.6. The number of amides is 1. The molecule has 2 aliphatic rings. The standard InChI is InChI=1S/C22H28F4N4O/c1-2-18(29-20(31)8-15-10-22(25,26)11-15)16-9-19-28-17(13-30(19)27-12-16)7-14-3-5-21(23,24)6-4-14/h9,12-15,18H,2-8,10-11H2,1H3,(H,29,31)/t18-/m0/s1. The quantitative estimate of drug-likeness (QED) is 0.610. The third kappa shape index (κ3) is 5.36. The molecule has 2 heterocycles. The molecule has 9 heteroatoms. The maximum Gasteiger partial charge on any atom is 0.248 e. The predicted molar refractivity (Wildman–Crippen MR) is 107 cm³/mol. The Morgan fingerprint density at radius 2 is 1.90 bits per heavy atom. The molecular weight excluding hydrogens is 412 g/mol. The van der Waals surface area contributed by atoms with Crippen LogP contribution in [0, 0.1) is 11.8 Å². The molecule has 5 nitrogen and oxygen atoms in total. The van der Waals surface area contributed by atoms with E-state index in [2.05, 4.69) is 15.4 Å². The third-order valence-electron chi connectivity index (χ3n) is 6.52. The molecule has 170 valence electrons. The Hall–Kier alpha value is -2.19. The van der Waals surface area contributed by atoms with Gasteiger partial charge in [0.25, 0.3) is 0 Å². The van der Waals surface area contributed by atoms with Crippen molar-refractivity contribution < 1.29 is 22.4 Å². The number of nitrogens with zero attached hydrogens (tertiary/aromatic N) is 3. The number of hydrogen-bond acceptors (Lipinski definition) is 3.